The lowest BCUT2D eigenvalue weighted by Gasteiger charge is -2.24. The molecule has 0 saturated carbocycles. The van der Waals surface area contributed by atoms with Gasteiger partial charge in [0.1, 0.15) is 30.3 Å². The Kier molecular flexibility index (Phi) is 12.9. The van der Waals surface area contributed by atoms with Crippen LogP contribution in [0.4, 0.5) is 4.79 Å². The number of benzene rings is 3. The first kappa shape index (κ1) is 34.1. The van der Waals surface area contributed by atoms with Crippen LogP contribution in [0.2, 0.25) is 0 Å². The molecule has 1 saturated heterocycles. The average Bonchev–Trinajstić information content (AvgIpc) is 3.56. The Morgan fingerprint density at radius 1 is 1.07 bits per heavy atom. The van der Waals surface area contributed by atoms with Gasteiger partial charge in [0.15, 0.2) is 0 Å². The Hall–Kier alpha value is -3.77. The molecule has 3 aromatic rings. The molecular weight excluding hydrogens is 596 g/mol. The summed E-state index contributed by atoms with van der Waals surface area (Å²) >= 11 is 1.19. The highest BCUT2D eigenvalue weighted by Gasteiger charge is 2.27. The van der Waals surface area contributed by atoms with Crippen molar-refractivity contribution >= 4 is 24.1 Å². The largest absolute Gasteiger partial charge is 0.497 e. The van der Waals surface area contributed by atoms with Gasteiger partial charge in [0, 0.05) is 22.8 Å². The molecule has 1 aliphatic rings. The van der Waals surface area contributed by atoms with Gasteiger partial charge < -0.3 is 38.9 Å². The van der Waals surface area contributed by atoms with Crippen LogP contribution in [0.15, 0.2) is 71.6 Å². The molecule has 0 bridgehead atoms. The Morgan fingerprint density at radius 3 is 2.56 bits per heavy atom. The molecule has 4 N–H and O–H groups in total. The molecular formula is C34H43N2O8S+. The molecule has 242 valence electrons. The summed E-state index contributed by atoms with van der Waals surface area (Å²) in [5.41, 5.74) is 2.80. The van der Waals surface area contributed by atoms with Gasteiger partial charge in [-0.3, -0.25) is 0 Å². The number of alkyl carbamates (subject to hydrolysis) is 1. The van der Waals surface area contributed by atoms with Crippen molar-refractivity contribution < 1.29 is 43.1 Å². The number of esters is 1. The molecule has 0 aliphatic carbocycles. The number of rotatable bonds is 15. The SMILES string of the molecule is COC(=O)c1cccc(-c2ccc(CC(NC(=O)OC3CCOC3)C(O)C[NH2+]CC(C)C)cc2OSc2ccc(OC)cc2)c1. The fourth-order valence-electron chi connectivity index (χ4n) is 4.90. The van der Waals surface area contributed by atoms with E-state index in [-0.39, 0.29) is 6.10 Å². The van der Waals surface area contributed by atoms with Crippen molar-refractivity contribution in [1.82, 2.24) is 5.32 Å². The number of hydrogen-bond acceptors (Lipinski definition) is 9. The number of carbonyl (C=O) groups excluding carboxylic acids is 2. The second-order valence-electron chi connectivity index (χ2n) is 11.3. The molecule has 0 aromatic heterocycles. The molecule has 0 spiro atoms. The predicted molar refractivity (Wildman–Crippen MR) is 172 cm³/mol. The molecule has 3 atom stereocenters. The van der Waals surface area contributed by atoms with Crippen molar-refractivity contribution in [2.24, 2.45) is 5.92 Å². The summed E-state index contributed by atoms with van der Waals surface area (Å²) < 4.78 is 27.3. The van der Waals surface area contributed by atoms with Crippen LogP contribution in [0.25, 0.3) is 11.1 Å². The summed E-state index contributed by atoms with van der Waals surface area (Å²) in [4.78, 5) is 25.9. The van der Waals surface area contributed by atoms with Crippen molar-refractivity contribution in [3.05, 3.63) is 77.9 Å². The topological polar surface area (TPSA) is 129 Å². The number of nitrogens with two attached hydrogens (primary N) is 1. The van der Waals surface area contributed by atoms with E-state index in [1.807, 2.05) is 48.5 Å². The molecule has 45 heavy (non-hydrogen) atoms. The first-order valence-electron chi connectivity index (χ1n) is 15.1. The van der Waals surface area contributed by atoms with E-state index in [1.165, 1.54) is 19.2 Å². The Morgan fingerprint density at radius 2 is 1.87 bits per heavy atom. The predicted octanol–water partition coefficient (Wildman–Crippen LogP) is 4.24. The summed E-state index contributed by atoms with van der Waals surface area (Å²) in [6.07, 6.45) is -0.732. The van der Waals surface area contributed by atoms with Crippen LogP contribution in [0, 0.1) is 5.92 Å². The van der Waals surface area contributed by atoms with E-state index < -0.39 is 24.2 Å². The number of aliphatic hydroxyl groups excluding tert-OH is 1. The van der Waals surface area contributed by atoms with Gasteiger partial charge in [-0.15, -0.1) is 0 Å². The Balaban J connectivity index is 1.60. The minimum absolute atomic E-state index is 0.301. The highest BCUT2D eigenvalue weighted by molar-refractivity contribution is 7.95. The van der Waals surface area contributed by atoms with Gasteiger partial charge in [0.25, 0.3) is 0 Å². The van der Waals surface area contributed by atoms with Crippen molar-refractivity contribution in [2.75, 3.05) is 40.5 Å². The van der Waals surface area contributed by atoms with Crippen LogP contribution < -0.4 is 19.6 Å². The first-order chi connectivity index (χ1) is 21.7. The number of carbonyl (C=O) groups is 2. The van der Waals surface area contributed by atoms with E-state index >= 15 is 0 Å². The third kappa shape index (κ3) is 10.4. The van der Waals surface area contributed by atoms with E-state index in [0.717, 1.165) is 33.9 Å². The van der Waals surface area contributed by atoms with Crippen LogP contribution in [0.3, 0.4) is 0 Å². The molecule has 1 fully saturated rings. The summed E-state index contributed by atoms with van der Waals surface area (Å²) in [7, 11) is 2.96. The third-order valence-electron chi connectivity index (χ3n) is 7.36. The average molecular weight is 640 g/mol. The zero-order chi connectivity index (χ0) is 32.2. The summed E-state index contributed by atoms with van der Waals surface area (Å²) in [6.45, 7) is 6.44. The van der Waals surface area contributed by atoms with Gasteiger partial charge in [0.05, 0.1) is 57.6 Å². The van der Waals surface area contributed by atoms with Gasteiger partial charge in [-0.1, -0.05) is 38.1 Å². The fourth-order valence-corrected chi connectivity index (χ4v) is 5.47. The van der Waals surface area contributed by atoms with Crippen LogP contribution in [-0.2, 0) is 20.6 Å². The van der Waals surface area contributed by atoms with E-state index in [2.05, 4.69) is 24.5 Å². The molecule has 3 unspecified atom stereocenters. The van der Waals surface area contributed by atoms with Crippen molar-refractivity contribution in [3.8, 4) is 22.6 Å². The van der Waals surface area contributed by atoms with E-state index in [4.69, 9.17) is 23.1 Å². The highest BCUT2D eigenvalue weighted by atomic mass is 32.2. The normalized spacial score (nSPS) is 15.7. The summed E-state index contributed by atoms with van der Waals surface area (Å²) in [6, 6.07) is 19.8. The Bertz CT molecular complexity index is 1400. The fraction of sp³-hybridized carbons (Fsp3) is 0.412. The van der Waals surface area contributed by atoms with Crippen LogP contribution in [-0.4, -0.2) is 75.9 Å². The zero-order valence-electron chi connectivity index (χ0n) is 26.2. The maximum atomic E-state index is 12.8. The van der Waals surface area contributed by atoms with Crippen LogP contribution >= 0.6 is 12.0 Å². The maximum Gasteiger partial charge on any atom is 0.407 e. The van der Waals surface area contributed by atoms with Crippen LogP contribution in [0.5, 0.6) is 11.5 Å². The van der Waals surface area contributed by atoms with Gasteiger partial charge >= 0.3 is 12.1 Å². The molecule has 1 aliphatic heterocycles. The number of nitrogens with one attached hydrogen (secondary N) is 1. The lowest BCUT2D eigenvalue weighted by Crippen LogP contribution is -2.88. The third-order valence-corrected chi connectivity index (χ3v) is 8.09. The van der Waals surface area contributed by atoms with Crippen molar-refractivity contribution in [3.63, 3.8) is 0 Å². The second kappa shape index (κ2) is 17.1. The highest BCUT2D eigenvalue weighted by Crippen LogP contribution is 2.36. The van der Waals surface area contributed by atoms with Gasteiger partial charge in [-0.25, -0.2) is 9.59 Å². The van der Waals surface area contributed by atoms with Gasteiger partial charge in [-0.05, 0) is 60.0 Å². The smallest absolute Gasteiger partial charge is 0.407 e. The minimum atomic E-state index is -0.828. The number of quaternary nitrogens is 1. The molecule has 4 rings (SSSR count). The monoisotopic (exact) mass is 639 g/mol. The summed E-state index contributed by atoms with van der Waals surface area (Å²) in [5, 5.41) is 16.1. The van der Waals surface area contributed by atoms with Crippen molar-refractivity contribution in [1.29, 1.82) is 0 Å². The lowest BCUT2D eigenvalue weighted by molar-refractivity contribution is -0.666. The number of aliphatic hydroxyl groups is 1. The van der Waals surface area contributed by atoms with Gasteiger partial charge in [-0.2, -0.15) is 0 Å². The van der Waals surface area contributed by atoms with Crippen LogP contribution in [0.1, 0.15) is 36.2 Å². The van der Waals surface area contributed by atoms with E-state index in [1.54, 1.807) is 25.3 Å². The molecule has 1 amide bonds. The quantitative estimate of drug-likeness (QED) is 0.165. The number of methoxy groups -OCH3 is 2. The number of amides is 1. The molecule has 1 heterocycles. The summed E-state index contributed by atoms with van der Waals surface area (Å²) in [5.74, 6) is 1.32. The standard InChI is InChI=1S/C34H42N2O8S/c1-22(2)19-35-20-31(37)30(36-34(39)43-27-14-15-42-21-27)16-23-8-13-29(24-6-5-7-25(18-24)33(38)41-4)32(17-23)44-45-28-11-9-26(40-3)10-12-28/h5-13,17-18,22,27,30-31,35,37H,14-16,19-21H2,1-4H3,(H,36,39)/p+1. The first-order valence-corrected chi connectivity index (χ1v) is 15.8. The van der Waals surface area contributed by atoms with E-state index in [0.29, 0.717) is 49.8 Å². The second-order valence-corrected chi connectivity index (χ2v) is 12.1. The molecule has 3 aromatic carbocycles. The molecule has 10 nitrogen and oxygen atoms in total. The van der Waals surface area contributed by atoms with Crippen molar-refractivity contribution in [2.45, 2.75) is 49.8 Å². The Labute approximate surface area is 268 Å². The zero-order valence-corrected chi connectivity index (χ0v) is 27.0. The molecule has 11 heteroatoms. The maximum absolute atomic E-state index is 12.8. The minimum Gasteiger partial charge on any atom is -0.497 e. The van der Waals surface area contributed by atoms with Gasteiger partial charge in [0.2, 0.25) is 0 Å². The number of ether oxygens (including phenoxy) is 4. The van der Waals surface area contributed by atoms with E-state index in [9.17, 15) is 14.7 Å². The lowest BCUT2D eigenvalue weighted by atomic mass is 9.96. The molecule has 0 radical (unpaired) electrons. The number of hydrogen-bond donors (Lipinski definition) is 3.